The lowest BCUT2D eigenvalue weighted by molar-refractivity contribution is -0.384. The molecule has 3 aromatic rings. The van der Waals surface area contributed by atoms with E-state index in [1.165, 1.54) is 28.6 Å². The lowest BCUT2D eigenvalue weighted by Gasteiger charge is -2.15. The van der Waals surface area contributed by atoms with Crippen LogP contribution in [0.15, 0.2) is 54.6 Å². The van der Waals surface area contributed by atoms with Gasteiger partial charge in [-0.1, -0.05) is 30.3 Å². The zero-order valence-corrected chi connectivity index (χ0v) is 12.4. The highest BCUT2D eigenvalue weighted by Crippen LogP contribution is 2.36. The Labute approximate surface area is 133 Å². The normalized spacial score (nSPS) is 14.1. The van der Waals surface area contributed by atoms with Crippen molar-refractivity contribution in [3.8, 4) is 0 Å². The van der Waals surface area contributed by atoms with Crippen LogP contribution in [0.4, 0.5) is 5.69 Å². The van der Waals surface area contributed by atoms with Gasteiger partial charge in [-0.2, -0.15) is 0 Å². The van der Waals surface area contributed by atoms with E-state index >= 15 is 0 Å². The van der Waals surface area contributed by atoms with E-state index < -0.39 is 11.0 Å². The Morgan fingerprint density at radius 1 is 0.957 bits per heavy atom. The number of non-ortho nitro benzene ring substituents is 1. The highest BCUT2D eigenvalue weighted by molar-refractivity contribution is 5.93. The number of rotatable bonds is 3. The fourth-order valence-corrected chi connectivity index (χ4v) is 3.47. The maximum Gasteiger partial charge on any atom is 0.269 e. The van der Waals surface area contributed by atoms with Crippen LogP contribution in [0.1, 0.15) is 28.4 Å². The first kappa shape index (κ1) is 13.9. The summed E-state index contributed by atoms with van der Waals surface area (Å²) in [6, 6.07) is 16.4. The number of nitro groups is 1. The van der Waals surface area contributed by atoms with Crippen LogP contribution in [-0.4, -0.2) is 10.0 Å². The van der Waals surface area contributed by atoms with Crippen LogP contribution in [0, 0.1) is 10.1 Å². The van der Waals surface area contributed by atoms with Crippen LogP contribution >= 0.6 is 0 Å². The molecule has 1 N–H and O–H groups in total. The van der Waals surface area contributed by atoms with Crippen molar-refractivity contribution in [3.63, 3.8) is 0 Å². The Morgan fingerprint density at radius 3 is 2.35 bits per heavy atom. The third-order valence-electron chi connectivity index (χ3n) is 4.62. The van der Waals surface area contributed by atoms with E-state index in [9.17, 15) is 15.2 Å². The minimum Gasteiger partial charge on any atom is -0.384 e. The van der Waals surface area contributed by atoms with Crippen LogP contribution in [0.5, 0.6) is 0 Å². The van der Waals surface area contributed by atoms with Crippen LogP contribution in [0.3, 0.4) is 0 Å². The highest BCUT2D eigenvalue weighted by Gasteiger charge is 2.20. The van der Waals surface area contributed by atoms with Gasteiger partial charge in [0.05, 0.1) is 4.92 Å². The molecule has 1 atom stereocenters. The van der Waals surface area contributed by atoms with Crippen molar-refractivity contribution in [2.24, 2.45) is 0 Å². The van der Waals surface area contributed by atoms with Crippen molar-refractivity contribution in [3.05, 3.63) is 87.0 Å². The average molecular weight is 305 g/mol. The van der Waals surface area contributed by atoms with Gasteiger partial charge in [0.1, 0.15) is 6.10 Å². The molecule has 4 heteroatoms. The van der Waals surface area contributed by atoms with Gasteiger partial charge in [0.2, 0.25) is 0 Å². The molecule has 0 amide bonds. The van der Waals surface area contributed by atoms with Crippen molar-refractivity contribution in [2.45, 2.75) is 18.9 Å². The number of hydrogen-bond acceptors (Lipinski definition) is 3. The number of benzene rings is 3. The molecule has 4 rings (SSSR count). The van der Waals surface area contributed by atoms with Gasteiger partial charge in [0.25, 0.3) is 5.69 Å². The molecule has 0 spiro atoms. The Morgan fingerprint density at radius 2 is 1.65 bits per heavy atom. The van der Waals surface area contributed by atoms with E-state index in [-0.39, 0.29) is 5.69 Å². The first-order valence-electron chi connectivity index (χ1n) is 7.61. The largest absolute Gasteiger partial charge is 0.384 e. The van der Waals surface area contributed by atoms with Crippen LogP contribution in [0.2, 0.25) is 0 Å². The third-order valence-corrected chi connectivity index (χ3v) is 4.62. The minimum atomic E-state index is -0.791. The van der Waals surface area contributed by atoms with E-state index in [1.807, 2.05) is 18.2 Å². The highest BCUT2D eigenvalue weighted by atomic mass is 16.6. The molecule has 0 aliphatic heterocycles. The summed E-state index contributed by atoms with van der Waals surface area (Å²) in [5, 5.41) is 23.8. The zero-order valence-electron chi connectivity index (χ0n) is 12.4. The van der Waals surface area contributed by atoms with Crippen LogP contribution < -0.4 is 0 Å². The van der Waals surface area contributed by atoms with E-state index in [2.05, 4.69) is 12.1 Å². The molecule has 0 radical (unpaired) electrons. The summed E-state index contributed by atoms with van der Waals surface area (Å²) in [4.78, 5) is 10.3. The summed E-state index contributed by atoms with van der Waals surface area (Å²) in [5.74, 6) is 0. The van der Waals surface area contributed by atoms with E-state index in [4.69, 9.17) is 0 Å². The second kappa shape index (κ2) is 5.18. The lowest BCUT2D eigenvalue weighted by Crippen LogP contribution is -2.01. The molecule has 114 valence electrons. The number of nitro benzene ring substituents is 1. The molecule has 23 heavy (non-hydrogen) atoms. The number of aliphatic hydroxyl groups is 1. The SMILES string of the molecule is O=[N+]([O-])c1ccc(C(O)c2ccc3c4c(cccc24)CC3)cc1. The monoisotopic (exact) mass is 305 g/mol. The van der Waals surface area contributed by atoms with Gasteiger partial charge in [0, 0.05) is 12.1 Å². The third kappa shape index (κ3) is 2.19. The molecule has 0 aromatic heterocycles. The fourth-order valence-electron chi connectivity index (χ4n) is 3.47. The van der Waals surface area contributed by atoms with Crippen molar-refractivity contribution >= 4 is 16.5 Å². The summed E-state index contributed by atoms with van der Waals surface area (Å²) in [6.45, 7) is 0. The number of nitrogens with zero attached hydrogens (tertiary/aromatic N) is 1. The summed E-state index contributed by atoms with van der Waals surface area (Å²) in [7, 11) is 0. The molecule has 0 heterocycles. The second-order valence-electron chi connectivity index (χ2n) is 5.90. The van der Waals surface area contributed by atoms with Gasteiger partial charge in [-0.15, -0.1) is 0 Å². The second-order valence-corrected chi connectivity index (χ2v) is 5.90. The molecule has 1 unspecified atom stereocenters. The fraction of sp³-hybridized carbons (Fsp3) is 0.158. The molecule has 0 saturated heterocycles. The lowest BCUT2D eigenvalue weighted by atomic mass is 9.93. The average Bonchev–Trinajstić information content (AvgIpc) is 3.00. The molecule has 0 saturated carbocycles. The minimum absolute atomic E-state index is 0.0290. The Hall–Kier alpha value is -2.72. The summed E-state index contributed by atoms with van der Waals surface area (Å²) in [5.41, 5.74) is 4.20. The molecular weight excluding hydrogens is 290 g/mol. The smallest absolute Gasteiger partial charge is 0.269 e. The Bertz CT molecular complexity index is 906. The van der Waals surface area contributed by atoms with Gasteiger partial charge in [0.15, 0.2) is 0 Å². The van der Waals surface area contributed by atoms with E-state index in [1.54, 1.807) is 12.1 Å². The Kier molecular flexibility index (Phi) is 3.13. The van der Waals surface area contributed by atoms with Gasteiger partial charge in [-0.05, 0) is 58.0 Å². The molecule has 1 aliphatic rings. The van der Waals surface area contributed by atoms with Crippen LogP contribution in [0.25, 0.3) is 10.8 Å². The number of hydrogen-bond donors (Lipinski definition) is 1. The first-order valence-corrected chi connectivity index (χ1v) is 7.61. The quantitative estimate of drug-likeness (QED) is 0.589. The summed E-state index contributed by atoms with van der Waals surface area (Å²) >= 11 is 0. The summed E-state index contributed by atoms with van der Waals surface area (Å²) in [6.07, 6.45) is 1.30. The topological polar surface area (TPSA) is 63.4 Å². The number of aryl methyl sites for hydroxylation is 2. The van der Waals surface area contributed by atoms with Crippen LogP contribution in [-0.2, 0) is 12.8 Å². The number of aliphatic hydroxyl groups excluding tert-OH is 1. The zero-order chi connectivity index (χ0) is 16.0. The molecule has 4 nitrogen and oxygen atoms in total. The maximum atomic E-state index is 10.8. The standard InChI is InChI=1S/C19H15NO3/c21-19(14-6-9-15(10-7-14)20(22)23)17-11-8-13-5-4-12-2-1-3-16(17)18(12)13/h1-3,6-11,19,21H,4-5H2. The first-order chi connectivity index (χ1) is 11.1. The molecule has 0 fully saturated rings. The van der Waals surface area contributed by atoms with Gasteiger partial charge >= 0.3 is 0 Å². The predicted octanol–water partition coefficient (Wildman–Crippen LogP) is 3.93. The van der Waals surface area contributed by atoms with Gasteiger partial charge in [-0.3, -0.25) is 10.1 Å². The van der Waals surface area contributed by atoms with Gasteiger partial charge in [-0.25, -0.2) is 0 Å². The molecule has 3 aromatic carbocycles. The van der Waals surface area contributed by atoms with Crippen molar-refractivity contribution < 1.29 is 10.0 Å². The summed E-state index contributed by atoms with van der Waals surface area (Å²) < 4.78 is 0. The predicted molar refractivity (Wildman–Crippen MR) is 88.5 cm³/mol. The van der Waals surface area contributed by atoms with E-state index in [0.717, 1.165) is 23.8 Å². The van der Waals surface area contributed by atoms with Crippen molar-refractivity contribution in [2.75, 3.05) is 0 Å². The van der Waals surface area contributed by atoms with Crippen molar-refractivity contribution in [1.29, 1.82) is 0 Å². The maximum absolute atomic E-state index is 10.8. The Balaban J connectivity index is 1.81. The van der Waals surface area contributed by atoms with Gasteiger partial charge < -0.3 is 5.11 Å². The molecule has 1 aliphatic carbocycles. The van der Waals surface area contributed by atoms with Crippen molar-refractivity contribution in [1.82, 2.24) is 0 Å². The van der Waals surface area contributed by atoms with E-state index in [0.29, 0.717) is 5.56 Å². The molecule has 0 bridgehead atoms. The molecular formula is C19H15NO3.